The fourth-order valence-corrected chi connectivity index (χ4v) is 4.65. The molecule has 9 heteroatoms. The van der Waals surface area contributed by atoms with Crippen molar-refractivity contribution in [3.05, 3.63) is 87.1 Å². The second-order valence-electron chi connectivity index (χ2n) is 12.0. The molecule has 0 aliphatic carbocycles. The average molecular weight is 642 g/mol. The fourth-order valence-electron chi connectivity index (χ4n) is 4.16. The van der Waals surface area contributed by atoms with Crippen LogP contribution in [0.4, 0.5) is 14.9 Å². The third kappa shape index (κ3) is 10.3. The standard InChI is InChI=1S/C33H38BrFN2O5/c1-8-20-9-10-28(24(11-20)18-29(38)41-32(2,3)4)37-30(39)25-14-23(15-26(34)16-25)22-12-21(13-27(35)17-22)19-36-31(40)42-33(5,6)7/h9-17H,8,18-19H2,1-7H3,(H,36,40)(H,37,39). The van der Waals surface area contributed by atoms with Crippen molar-refractivity contribution in [2.75, 3.05) is 5.32 Å². The van der Waals surface area contributed by atoms with Crippen LogP contribution in [0.15, 0.2) is 59.1 Å². The summed E-state index contributed by atoms with van der Waals surface area (Å²) in [5.41, 5.74) is 2.90. The van der Waals surface area contributed by atoms with E-state index in [-0.39, 0.29) is 18.9 Å². The Morgan fingerprint density at radius 1 is 0.833 bits per heavy atom. The number of carbonyl (C=O) groups is 3. The van der Waals surface area contributed by atoms with Crippen molar-refractivity contribution >= 4 is 39.6 Å². The predicted octanol–water partition coefficient (Wildman–Crippen LogP) is 7.98. The van der Waals surface area contributed by atoms with Crippen molar-refractivity contribution in [1.82, 2.24) is 5.32 Å². The summed E-state index contributed by atoms with van der Waals surface area (Å²) < 4.78 is 26.0. The molecule has 0 aliphatic rings. The third-order valence-electron chi connectivity index (χ3n) is 5.87. The summed E-state index contributed by atoms with van der Waals surface area (Å²) in [6.07, 6.45) is 0.175. The first-order chi connectivity index (χ1) is 19.5. The van der Waals surface area contributed by atoms with E-state index >= 15 is 0 Å². The molecule has 0 saturated heterocycles. The van der Waals surface area contributed by atoms with E-state index in [4.69, 9.17) is 9.47 Å². The van der Waals surface area contributed by atoms with Crippen molar-refractivity contribution in [2.24, 2.45) is 0 Å². The number of halogens is 2. The first-order valence-corrected chi connectivity index (χ1v) is 14.5. The molecule has 3 aromatic rings. The van der Waals surface area contributed by atoms with Crippen LogP contribution in [0.2, 0.25) is 0 Å². The highest BCUT2D eigenvalue weighted by Gasteiger charge is 2.20. The molecule has 0 saturated carbocycles. The van der Waals surface area contributed by atoms with Gasteiger partial charge in [-0.3, -0.25) is 9.59 Å². The van der Waals surface area contributed by atoms with Gasteiger partial charge in [0.15, 0.2) is 0 Å². The van der Waals surface area contributed by atoms with Gasteiger partial charge in [0.05, 0.1) is 6.42 Å². The number of anilines is 1. The molecule has 3 rings (SSSR count). The molecule has 3 aromatic carbocycles. The maximum atomic E-state index is 14.6. The quantitative estimate of drug-likeness (QED) is 0.243. The number of carbonyl (C=O) groups excluding carboxylic acids is 3. The van der Waals surface area contributed by atoms with Crippen molar-refractivity contribution in [3.63, 3.8) is 0 Å². The number of esters is 1. The van der Waals surface area contributed by atoms with Crippen LogP contribution in [0.25, 0.3) is 11.1 Å². The van der Waals surface area contributed by atoms with E-state index in [2.05, 4.69) is 26.6 Å². The molecule has 0 aliphatic heterocycles. The Labute approximate surface area is 255 Å². The monoisotopic (exact) mass is 640 g/mol. The van der Waals surface area contributed by atoms with Crippen molar-refractivity contribution in [2.45, 2.75) is 79.1 Å². The summed E-state index contributed by atoms with van der Waals surface area (Å²) in [6, 6.07) is 15.1. The topological polar surface area (TPSA) is 93.7 Å². The number of aryl methyl sites for hydroxylation is 1. The van der Waals surface area contributed by atoms with E-state index in [1.54, 1.807) is 71.9 Å². The number of benzene rings is 3. The normalized spacial score (nSPS) is 11.5. The van der Waals surface area contributed by atoms with Crippen molar-refractivity contribution in [1.29, 1.82) is 0 Å². The van der Waals surface area contributed by atoms with Gasteiger partial charge in [0.25, 0.3) is 5.91 Å². The van der Waals surface area contributed by atoms with Crippen LogP contribution >= 0.6 is 15.9 Å². The Hall–Kier alpha value is -3.72. The zero-order chi connectivity index (χ0) is 31.2. The summed E-state index contributed by atoms with van der Waals surface area (Å²) in [5, 5.41) is 5.56. The summed E-state index contributed by atoms with van der Waals surface area (Å²) in [4.78, 5) is 38.1. The zero-order valence-corrected chi connectivity index (χ0v) is 26.7. The molecule has 7 nitrogen and oxygen atoms in total. The van der Waals surface area contributed by atoms with Crippen LogP contribution in [0.1, 0.15) is 75.5 Å². The Balaban J connectivity index is 1.85. The van der Waals surface area contributed by atoms with Crippen LogP contribution in [-0.4, -0.2) is 29.2 Å². The highest BCUT2D eigenvalue weighted by molar-refractivity contribution is 9.10. The summed E-state index contributed by atoms with van der Waals surface area (Å²) >= 11 is 3.46. The summed E-state index contributed by atoms with van der Waals surface area (Å²) in [6.45, 7) is 12.8. The Bertz CT molecular complexity index is 1470. The van der Waals surface area contributed by atoms with Gasteiger partial charge in [0, 0.05) is 22.3 Å². The number of hydrogen-bond acceptors (Lipinski definition) is 5. The van der Waals surface area contributed by atoms with Crippen molar-refractivity contribution in [3.8, 4) is 11.1 Å². The summed E-state index contributed by atoms with van der Waals surface area (Å²) in [7, 11) is 0. The van der Waals surface area contributed by atoms with Gasteiger partial charge in [-0.25, -0.2) is 9.18 Å². The Morgan fingerprint density at radius 2 is 1.50 bits per heavy atom. The van der Waals surface area contributed by atoms with Crippen LogP contribution < -0.4 is 10.6 Å². The molecule has 0 unspecified atom stereocenters. The van der Waals surface area contributed by atoms with Gasteiger partial charge in [-0.05, 0) is 118 Å². The molecule has 0 atom stereocenters. The van der Waals surface area contributed by atoms with Gasteiger partial charge in [0.2, 0.25) is 0 Å². The van der Waals surface area contributed by atoms with E-state index in [0.717, 1.165) is 12.0 Å². The number of alkyl carbamates (subject to hydrolysis) is 1. The minimum atomic E-state index is -0.654. The molecule has 0 radical (unpaired) electrons. The maximum Gasteiger partial charge on any atom is 0.407 e. The van der Waals surface area contributed by atoms with Crippen LogP contribution in [0, 0.1) is 5.82 Å². The third-order valence-corrected chi connectivity index (χ3v) is 6.33. The van der Waals surface area contributed by atoms with Crippen molar-refractivity contribution < 1.29 is 28.2 Å². The molecule has 0 fully saturated rings. The minimum Gasteiger partial charge on any atom is -0.460 e. The molecule has 0 bridgehead atoms. The molecule has 0 spiro atoms. The molecule has 2 N–H and O–H groups in total. The van der Waals surface area contributed by atoms with Gasteiger partial charge in [-0.1, -0.05) is 35.0 Å². The van der Waals surface area contributed by atoms with Gasteiger partial charge in [-0.15, -0.1) is 0 Å². The highest BCUT2D eigenvalue weighted by atomic mass is 79.9. The lowest BCUT2D eigenvalue weighted by atomic mass is 10.00. The molecule has 224 valence electrons. The van der Waals surface area contributed by atoms with E-state index in [0.29, 0.717) is 38.0 Å². The smallest absolute Gasteiger partial charge is 0.407 e. The molecule has 0 heterocycles. The number of rotatable bonds is 8. The van der Waals surface area contributed by atoms with E-state index in [9.17, 15) is 18.8 Å². The minimum absolute atomic E-state index is 0.00780. The van der Waals surface area contributed by atoms with Gasteiger partial charge < -0.3 is 20.1 Å². The van der Waals surface area contributed by atoms with Gasteiger partial charge in [-0.2, -0.15) is 0 Å². The number of amides is 2. The Kier molecular flexibility index (Phi) is 10.5. The summed E-state index contributed by atoms with van der Waals surface area (Å²) in [5.74, 6) is -1.27. The Morgan fingerprint density at radius 3 is 2.14 bits per heavy atom. The molecule has 2 amide bonds. The largest absolute Gasteiger partial charge is 0.460 e. The van der Waals surface area contributed by atoms with E-state index < -0.39 is 29.0 Å². The fraction of sp³-hybridized carbons (Fsp3) is 0.364. The lowest BCUT2D eigenvalue weighted by Crippen LogP contribution is -2.32. The predicted molar refractivity (Wildman–Crippen MR) is 166 cm³/mol. The van der Waals surface area contributed by atoms with E-state index in [1.165, 1.54) is 12.1 Å². The number of hydrogen-bond donors (Lipinski definition) is 2. The van der Waals surface area contributed by atoms with Crippen LogP contribution in [-0.2, 0) is 33.7 Å². The molecule has 42 heavy (non-hydrogen) atoms. The molecular weight excluding hydrogens is 603 g/mol. The maximum absolute atomic E-state index is 14.6. The SMILES string of the molecule is CCc1ccc(NC(=O)c2cc(Br)cc(-c3cc(F)cc(CNC(=O)OC(C)(C)C)c3)c2)c(CC(=O)OC(C)(C)C)c1. The first-order valence-electron chi connectivity index (χ1n) is 13.7. The second-order valence-corrected chi connectivity index (χ2v) is 12.9. The highest BCUT2D eigenvalue weighted by Crippen LogP contribution is 2.28. The first kappa shape index (κ1) is 32.8. The lowest BCUT2D eigenvalue weighted by molar-refractivity contribution is -0.153. The van der Waals surface area contributed by atoms with Gasteiger partial charge in [0.1, 0.15) is 17.0 Å². The zero-order valence-electron chi connectivity index (χ0n) is 25.1. The van der Waals surface area contributed by atoms with Crippen LogP contribution in [0.5, 0.6) is 0 Å². The van der Waals surface area contributed by atoms with Gasteiger partial charge >= 0.3 is 12.1 Å². The number of ether oxygens (including phenoxy) is 2. The lowest BCUT2D eigenvalue weighted by Gasteiger charge is -2.20. The number of nitrogens with one attached hydrogen (secondary N) is 2. The molecule has 0 aromatic heterocycles. The van der Waals surface area contributed by atoms with Crippen LogP contribution in [0.3, 0.4) is 0 Å². The second kappa shape index (κ2) is 13.5. The van der Waals surface area contributed by atoms with E-state index in [1.807, 2.05) is 19.1 Å². The molecular formula is C33H38BrFN2O5. The average Bonchev–Trinajstić information content (AvgIpc) is 2.85.